The van der Waals surface area contributed by atoms with Crippen molar-refractivity contribution in [3.8, 4) is 0 Å². The monoisotopic (exact) mass is 350 g/mol. The molecule has 2 amide bonds. The molecule has 2 aromatic rings. The zero-order valence-electron chi connectivity index (χ0n) is 15.7. The van der Waals surface area contributed by atoms with Crippen LogP contribution in [0.3, 0.4) is 0 Å². The van der Waals surface area contributed by atoms with Crippen molar-refractivity contribution in [1.29, 1.82) is 0 Å². The maximum Gasteiger partial charge on any atom is 0.318 e. The molecule has 3 unspecified atom stereocenters. The Hall–Kier alpha value is -2.43. The largest absolute Gasteiger partial charge is 0.331 e. The standard InChI is InChI=1S/C21H26N4O/c1-13-7-9-16(10-8-13)20-14(2)12-25(20)21(26)24-19-6-4-5-18-17(19)11-22-15(3)23-18/h7-11,14,19-20H,4-6,12H2,1-3H3,(H,24,26). The molecular weight excluding hydrogens is 324 g/mol. The van der Waals surface area contributed by atoms with Crippen molar-refractivity contribution in [3.05, 3.63) is 58.7 Å². The van der Waals surface area contributed by atoms with Crippen LogP contribution in [0.4, 0.5) is 4.79 Å². The fraction of sp³-hybridized carbons (Fsp3) is 0.476. The summed E-state index contributed by atoms with van der Waals surface area (Å²) in [6, 6.07) is 8.72. The third-order valence-corrected chi connectivity index (χ3v) is 5.64. The lowest BCUT2D eigenvalue weighted by Crippen LogP contribution is -2.55. The molecule has 0 radical (unpaired) electrons. The molecule has 0 saturated carbocycles. The summed E-state index contributed by atoms with van der Waals surface area (Å²) in [4.78, 5) is 23.8. The summed E-state index contributed by atoms with van der Waals surface area (Å²) < 4.78 is 0. The molecule has 26 heavy (non-hydrogen) atoms. The van der Waals surface area contributed by atoms with Crippen molar-refractivity contribution in [2.75, 3.05) is 6.54 Å². The van der Waals surface area contributed by atoms with Gasteiger partial charge < -0.3 is 10.2 Å². The van der Waals surface area contributed by atoms with Crippen LogP contribution in [-0.4, -0.2) is 27.4 Å². The van der Waals surface area contributed by atoms with Crippen molar-refractivity contribution < 1.29 is 4.79 Å². The smallest absolute Gasteiger partial charge is 0.318 e. The fourth-order valence-electron chi connectivity index (χ4n) is 4.20. The van der Waals surface area contributed by atoms with Gasteiger partial charge in [0, 0.05) is 24.0 Å². The highest BCUT2D eigenvalue weighted by Gasteiger charge is 2.40. The molecule has 5 nitrogen and oxygen atoms in total. The van der Waals surface area contributed by atoms with E-state index in [1.165, 1.54) is 11.1 Å². The number of nitrogens with zero attached hydrogens (tertiary/aromatic N) is 3. The molecule has 4 rings (SSSR count). The van der Waals surface area contributed by atoms with Crippen LogP contribution in [0.1, 0.15) is 60.1 Å². The Morgan fingerprint density at radius 2 is 2.00 bits per heavy atom. The topological polar surface area (TPSA) is 58.1 Å². The molecular formula is C21H26N4O. The van der Waals surface area contributed by atoms with Gasteiger partial charge in [-0.1, -0.05) is 36.8 Å². The average molecular weight is 350 g/mol. The molecule has 1 aliphatic carbocycles. The molecule has 1 fully saturated rings. The normalized spacial score (nSPS) is 24.6. The first-order valence-corrected chi connectivity index (χ1v) is 9.49. The van der Waals surface area contributed by atoms with Crippen molar-refractivity contribution in [2.45, 2.75) is 52.1 Å². The third-order valence-electron chi connectivity index (χ3n) is 5.64. The summed E-state index contributed by atoms with van der Waals surface area (Å²) in [5.41, 5.74) is 4.62. The first-order chi connectivity index (χ1) is 12.5. The van der Waals surface area contributed by atoms with E-state index in [-0.39, 0.29) is 18.1 Å². The summed E-state index contributed by atoms with van der Waals surface area (Å²) in [5.74, 6) is 1.28. The van der Waals surface area contributed by atoms with Crippen LogP contribution in [-0.2, 0) is 6.42 Å². The van der Waals surface area contributed by atoms with E-state index < -0.39 is 0 Å². The molecule has 136 valence electrons. The van der Waals surface area contributed by atoms with Crippen molar-refractivity contribution in [3.63, 3.8) is 0 Å². The van der Waals surface area contributed by atoms with Crippen LogP contribution < -0.4 is 5.32 Å². The van der Waals surface area contributed by atoms with Crippen LogP contribution >= 0.6 is 0 Å². The summed E-state index contributed by atoms with van der Waals surface area (Å²) in [5, 5.41) is 3.24. The molecule has 1 N–H and O–H groups in total. The highest BCUT2D eigenvalue weighted by molar-refractivity contribution is 5.76. The Balaban J connectivity index is 1.50. The van der Waals surface area contributed by atoms with Gasteiger partial charge in [0.05, 0.1) is 12.1 Å². The number of carbonyl (C=O) groups is 1. The number of aryl methyl sites for hydroxylation is 3. The van der Waals surface area contributed by atoms with E-state index >= 15 is 0 Å². The lowest BCUT2D eigenvalue weighted by molar-refractivity contribution is 0.0572. The summed E-state index contributed by atoms with van der Waals surface area (Å²) in [7, 11) is 0. The number of nitrogens with one attached hydrogen (secondary N) is 1. The highest BCUT2D eigenvalue weighted by atomic mass is 16.2. The van der Waals surface area contributed by atoms with Gasteiger partial charge in [-0.3, -0.25) is 0 Å². The fourth-order valence-corrected chi connectivity index (χ4v) is 4.20. The van der Waals surface area contributed by atoms with Gasteiger partial charge in [-0.05, 0) is 44.6 Å². The van der Waals surface area contributed by atoms with Gasteiger partial charge in [0.2, 0.25) is 0 Å². The second kappa shape index (κ2) is 6.71. The Kier molecular flexibility index (Phi) is 4.39. The molecule has 2 aliphatic rings. The molecule has 5 heteroatoms. The lowest BCUT2D eigenvalue weighted by atomic mass is 9.84. The van der Waals surface area contributed by atoms with Gasteiger partial charge in [-0.2, -0.15) is 0 Å². The van der Waals surface area contributed by atoms with Gasteiger partial charge >= 0.3 is 6.03 Å². The molecule has 3 atom stereocenters. The lowest BCUT2D eigenvalue weighted by Gasteiger charge is -2.47. The van der Waals surface area contributed by atoms with Gasteiger partial charge in [0.15, 0.2) is 0 Å². The molecule has 0 bridgehead atoms. The van der Waals surface area contributed by atoms with E-state index in [0.29, 0.717) is 5.92 Å². The van der Waals surface area contributed by atoms with Crippen LogP contribution in [0.25, 0.3) is 0 Å². The van der Waals surface area contributed by atoms with Gasteiger partial charge in [-0.15, -0.1) is 0 Å². The summed E-state index contributed by atoms with van der Waals surface area (Å²) in [6.07, 6.45) is 4.85. The maximum atomic E-state index is 12.9. The zero-order valence-corrected chi connectivity index (χ0v) is 15.7. The number of rotatable bonds is 2. The van der Waals surface area contributed by atoms with E-state index in [1.807, 2.05) is 18.0 Å². The number of aromatic nitrogens is 2. The van der Waals surface area contributed by atoms with Crippen molar-refractivity contribution in [2.24, 2.45) is 5.92 Å². The first kappa shape index (κ1) is 17.0. The quantitative estimate of drug-likeness (QED) is 0.894. The Bertz CT molecular complexity index is 817. The summed E-state index contributed by atoms with van der Waals surface area (Å²) in [6.45, 7) is 7.01. The van der Waals surface area contributed by atoms with E-state index in [0.717, 1.165) is 42.9 Å². The Morgan fingerprint density at radius 1 is 1.23 bits per heavy atom. The molecule has 1 aliphatic heterocycles. The predicted molar refractivity (Wildman–Crippen MR) is 101 cm³/mol. The van der Waals surface area contributed by atoms with Gasteiger partial charge in [0.1, 0.15) is 5.82 Å². The Morgan fingerprint density at radius 3 is 2.73 bits per heavy atom. The number of amides is 2. The molecule has 2 heterocycles. The number of likely N-dealkylation sites (tertiary alicyclic amines) is 1. The SMILES string of the molecule is Cc1ccc(C2C(C)CN2C(=O)NC2CCCc3nc(C)ncc32)cc1. The minimum absolute atomic E-state index is 0.0152. The van der Waals surface area contributed by atoms with Crippen molar-refractivity contribution >= 4 is 6.03 Å². The van der Waals surface area contributed by atoms with Gasteiger partial charge in [-0.25, -0.2) is 14.8 Å². The zero-order chi connectivity index (χ0) is 18.3. The van der Waals surface area contributed by atoms with Crippen LogP contribution in [0, 0.1) is 19.8 Å². The van der Waals surface area contributed by atoms with Crippen LogP contribution in [0.15, 0.2) is 30.5 Å². The van der Waals surface area contributed by atoms with E-state index in [1.54, 1.807) is 0 Å². The molecule has 1 saturated heterocycles. The second-order valence-electron chi connectivity index (χ2n) is 7.70. The first-order valence-electron chi connectivity index (χ1n) is 9.49. The average Bonchev–Trinajstić information content (AvgIpc) is 2.61. The minimum atomic E-state index is 0.0152. The highest BCUT2D eigenvalue weighted by Crippen LogP contribution is 2.39. The molecule has 0 spiro atoms. The van der Waals surface area contributed by atoms with Crippen LogP contribution in [0.5, 0.6) is 0 Å². The van der Waals surface area contributed by atoms with E-state index in [2.05, 4.69) is 53.4 Å². The second-order valence-corrected chi connectivity index (χ2v) is 7.70. The Labute approximate surface area is 154 Å². The number of fused-ring (bicyclic) bond motifs is 1. The number of hydrogen-bond donors (Lipinski definition) is 1. The van der Waals surface area contributed by atoms with Crippen molar-refractivity contribution in [1.82, 2.24) is 20.2 Å². The molecule has 1 aromatic heterocycles. The summed E-state index contributed by atoms with van der Waals surface area (Å²) >= 11 is 0. The van der Waals surface area contributed by atoms with E-state index in [4.69, 9.17) is 0 Å². The van der Waals surface area contributed by atoms with Gasteiger partial charge in [0.25, 0.3) is 0 Å². The predicted octanol–water partition coefficient (Wildman–Crippen LogP) is 3.87. The number of urea groups is 1. The maximum absolute atomic E-state index is 12.9. The molecule has 1 aromatic carbocycles. The third kappa shape index (κ3) is 3.06. The van der Waals surface area contributed by atoms with E-state index in [9.17, 15) is 4.79 Å². The number of carbonyl (C=O) groups excluding carboxylic acids is 1. The number of hydrogen-bond acceptors (Lipinski definition) is 3. The number of benzene rings is 1. The minimum Gasteiger partial charge on any atom is -0.331 e. The van der Waals surface area contributed by atoms with Crippen LogP contribution in [0.2, 0.25) is 0 Å².